The van der Waals surface area contributed by atoms with E-state index in [4.69, 9.17) is 4.74 Å². The topological polar surface area (TPSA) is 64.9 Å². The second-order valence-corrected chi connectivity index (χ2v) is 4.07. The van der Waals surface area contributed by atoms with Crippen molar-refractivity contribution in [2.75, 3.05) is 7.11 Å². The van der Waals surface area contributed by atoms with Crippen LogP contribution >= 0.6 is 0 Å². The Labute approximate surface area is 106 Å². The molecule has 2 aromatic rings. The number of hydrogen-bond acceptors (Lipinski definition) is 5. The zero-order chi connectivity index (χ0) is 13.0. The van der Waals surface area contributed by atoms with Crippen molar-refractivity contribution >= 4 is 0 Å². The summed E-state index contributed by atoms with van der Waals surface area (Å²) in [6.07, 6.45) is 0. The first-order valence-electron chi connectivity index (χ1n) is 5.79. The number of ether oxygens (including phenoxy) is 1. The van der Waals surface area contributed by atoms with Gasteiger partial charge in [-0.1, -0.05) is 12.1 Å². The number of rotatable bonds is 5. The molecular weight excluding hydrogens is 230 g/mol. The Balaban J connectivity index is 1.92. The molecule has 0 saturated heterocycles. The lowest BCUT2D eigenvalue weighted by molar-refractivity contribution is 0.414. The molecule has 2 rings (SSSR count). The first-order valence-corrected chi connectivity index (χ1v) is 5.79. The maximum absolute atomic E-state index is 5.13. The van der Waals surface area contributed by atoms with Gasteiger partial charge in [-0.15, -0.1) is 10.2 Å². The minimum Gasteiger partial charge on any atom is -0.497 e. The maximum atomic E-state index is 5.13. The van der Waals surface area contributed by atoms with Crippen LogP contribution in [0.25, 0.3) is 0 Å². The molecule has 0 fully saturated rings. The van der Waals surface area contributed by atoms with Crippen LogP contribution < -0.4 is 10.1 Å². The minimum absolute atomic E-state index is 0.222. The Kier molecular flexibility index (Phi) is 3.88. The second-order valence-electron chi connectivity index (χ2n) is 4.07. The number of methoxy groups -OCH3 is 1. The zero-order valence-electron chi connectivity index (χ0n) is 10.8. The molecule has 0 spiro atoms. The smallest absolute Gasteiger partial charge is 0.188 e. The molecule has 0 radical (unpaired) electrons. The predicted molar refractivity (Wildman–Crippen MR) is 67.0 cm³/mol. The number of aryl methyl sites for hydroxylation is 1. The van der Waals surface area contributed by atoms with Gasteiger partial charge in [-0.2, -0.15) is 4.80 Å². The van der Waals surface area contributed by atoms with Gasteiger partial charge in [0.1, 0.15) is 5.75 Å². The van der Waals surface area contributed by atoms with E-state index in [0.717, 1.165) is 5.75 Å². The third kappa shape index (κ3) is 3.04. The van der Waals surface area contributed by atoms with Crippen molar-refractivity contribution in [2.45, 2.75) is 19.5 Å². The molecule has 0 bridgehead atoms. The third-order valence-electron chi connectivity index (χ3n) is 2.73. The van der Waals surface area contributed by atoms with Crippen LogP contribution in [0.4, 0.5) is 0 Å². The van der Waals surface area contributed by atoms with Crippen LogP contribution in [0.5, 0.6) is 5.75 Å². The fourth-order valence-corrected chi connectivity index (χ4v) is 1.65. The van der Waals surface area contributed by atoms with Gasteiger partial charge < -0.3 is 10.1 Å². The molecule has 0 amide bonds. The summed E-state index contributed by atoms with van der Waals surface area (Å²) in [6, 6.07) is 8.21. The van der Waals surface area contributed by atoms with Crippen molar-refractivity contribution in [2.24, 2.45) is 7.05 Å². The van der Waals surface area contributed by atoms with Gasteiger partial charge in [0.15, 0.2) is 5.82 Å². The van der Waals surface area contributed by atoms with Crippen LogP contribution in [0.3, 0.4) is 0 Å². The molecule has 96 valence electrons. The molecule has 0 aliphatic carbocycles. The third-order valence-corrected chi connectivity index (χ3v) is 2.73. The highest BCUT2D eigenvalue weighted by molar-refractivity contribution is 5.28. The summed E-state index contributed by atoms with van der Waals surface area (Å²) < 4.78 is 5.13. The van der Waals surface area contributed by atoms with Crippen molar-refractivity contribution in [1.82, 2.24) is 25.5 Å². The molecular formula is C12H17N5O. The fraction of sp³-hybridized carbons (Fsp3) is 0.417. The lowest BCUT2D eigenvalue weighted by Crippen LogP contribution is -2.19. The van der Waals surface area contributed by atoms with E-state index in [-0.39, 0.29) is 6.04 Å². The molecule has 1 aromatic heterocycles. The monoisotopic (exact) mass is 247 g/mol. The molecule has 1 heterocycles. The van der Waals surface area contributed by atoms with E-state index >= 15 is 0 Å². The number of hydrogen-bond donors (Lipinski definition) is 1. The van der Waals surface area contributed by atoms with Crippen molar-refractivity contribution < 1.29 is 4.74 Å². The largest absolute Gasteiger partial charge is 0.497 e. The second kappa shape index (κ2) is 5.59. The number of benzene rings is 1. The van der Waals surface area contributed by atoms with Gasteiger partial charge >= 0.3 is 0 Å². The number of nitrogens with zero attached hydrogens (tertiary/aromatic N) is 4. The van der Waals surface area contributed by atoms with Crippen molar-refractivity contribution in [3.63, 3.8) is 0 Å². The Hall–Kier alpha value is -1.95. The van der Waals surface area contributed by atoms with Gasteiger partial charge in [-0.25, -0.2) is 0 Å². The minimum atomic E-state index is 0.222. The van der Waals surface area contributed by atoms with Gasteiger partial charge in [0.25, 0.3) is 0 Å². The summed E-state index contributed by atoms with van der Waals surface area (Å²) >= 11 is 0. The van der Waals surface area contributed by atoms with Gasteiger partial charge in [-0.05, 0) is 29.8 Å². The normalized spacial score (nSPS) is 12.4. The first-order chi connectivity index (χ1) is 8.69. The van der Waals surface area contributed by atoms with Gasteiger partial charge in [0.05, 0.1) is 20.7 Å². The quantitative estimate of drug-likeness (QED) is 0.856. The lowest BCUT2D eigenvalue weighted by Gasteiger charge is -2.13. The van der Waals surface area contributed by atoms with Gasteiger partial charge in [-0.3, -0.25) is 0 Å². The Bertz CT molecular complexity index is 493. The van der Waals surface area contributed by atoms with Crippen LogP contribution in [0.15, 0.2) is 24.3 Å². The number of tetrazole rings is 1. The van der Waals surface area contributed by atoms with Crippen LogP contribution in [0.1, 0.15) is 24.4 Å². The molecule has 0 aliphatic heterocycles. The van der Waals surface area contributed by atoms with Crippen molar-refractivity contribution in [3.8, 4) is 5.75 Å². The van der Waals surface area contributed by atoms with Crippen LogP contribution in [-0.2, 0) is 13.6 Å². The number of aromatic nitrogens is 4. The molecule has 0 unspecified atom stereocenters. The summed E-state index contributed by atoms with van der Waals surface area (Å²) in [7, 11) is 3.42. The van der Waals surface area contributed by atoms with Crippen LogP contribution in [0.2, 0.25) is 0 Å². The summed E-state index contributed by atoms with van der Waals surface area (Å²) in [5.41, 5.74) is 1.19. The first kappa shape index (κ1) is 12.5. The maximum Gasteiger partial charge on any atom is 0.188 e. The van der Waals surface area contributed by atoms with E-state index in [1.165, 1.54) is 10.4 Å². The summed E-state index contributed by atoms with van der Waals surface area (Å²) in [4.78, 5) is 1.45. The highest BCUT2D eigenvalue weighted by atomic mass is 16.5. The highest BCUT2D eigenvalue weighted by Crippen LogP contribution is 2.17. The molecule has 1 atom stereocenters. The average molecular weight is 247 g/mol. The average Bonchev–Trinajstić information content (AvgIpc) is 2.82. The van der Waals surface area contributed by atoms with Crippen LogP contribution in [-0.4, -0.2) is 27.3 Å². The molecule has 18 heavy (non-hydrogen) atoms. The highest BCUT2D eigenvalue weighted by Gasteiger charge is 2.07. The molecule has 1 N–H and O–H groups in total. The zero-order valence-corrected chi connectivity index (χ0v) is 10.8. The molecule has 1 aromatic carbocycles. The molecule has 0 aliphatic rings. The SMILES string of the molecule is COc1ccc([C@@H](C)NCc2nnn(C)n2)cc1. The van der Waals surface area contributed by atoms with E-state index in [1.54, 1.807) is 14.2 Å². The van der Waals surface area contributed by atoms with E-state index in [9.17, 15) is 0 Å². The van der Waals surface area contributed by atoms with Crippen molar-refractivity contribution in [1.29, 1.82) is 0 Å². The standard InChI is InChI=1S/C12H17N5O/c1-9(10-4-6-11(18-3)7-5-10)13-8-12-14-16-17(2)15-12/h4-7,9,13H,8H2,1-3H3/t9-/m1/s1. The Morgan fingerprint density at radius 3 is 2.61 bits per heavy atom. The van der Waals surface area contributed by atoms with Crippen LogP contribution in [0, 0.1) is 0 Å². The fourth-order valence-electron chi connectivity index (χ4n) is 1.65. The molecule has 0 saturated carbocycles. The molecule has 6 nitrogen and oxygen atoms in total. The van der Waals surface area contributed by atoms with E-state index < -0.39 is 0 Å². The lowest BCUT2D eigenvalue weighted by atomic mass is 10.1. The van der Waals surface area contributed by atoms with E-state index in [0.29, 0.717) is 12.4 Å². The van der Waals surface area contributed by atoms with Crippen molar-refractivity contribution in [3.05, 3.63) is 35.7 Å². The predicted octanol–water partition coefficient (Wildman–Crippen LogP) is 1.07. The van der Waals surface area contributed by atoms with Gasteiger partial charge in [0.2, 0.25) is 0 Å². The summed E-state index contributed by atoms with van der Waals surface area (Å²) in [6.45, 7) is 2.69. The summed E-state index contributed by atoms with van der Waals surface area (Å²) in [5.74, 6) is 1.56. The van der Waals surface area contributed by atoms with E-state index in [1.807, 2.05) is 24.3 Å². The Morgan fingerprint density at radius 2 is 2.06 bits per heavy atom. The summed E-state index contributed by atoms with van der Waals surface area (Å²) in [5, 5.41) is 15.2. The van der Waals surface area contributed by atoms with E-state index in [2.05, 4.69) is 27.7 Å². The van der Waals surface area contributed by atoms with Gasteiger partial charge in [0, 0.05) is 6.04 Å². The Morgan fingerprint density at radius 1 is 1.33 bits per heavy atom. The molecule has 6 heteroatoms. The number of nitrogens with one attached hydrogen (secondary N) is 1.